The second-order valence-electron chi connectivity index (χ2n) is 2.69. The molecule has 0 fully saturated rings. The maximum Gasteiger partial charge on any atom is 0.176 e. The fraction of sp³-hybridized carbons (Fsp3) is 0.125. The van der Waals surface area contributed by atoms with Crippen LogP contribution in [0.4, 0.5) is 5.82 Å². The molecule has 0 bridgehead atoms. The Morgan fingerprint density at radius 3 is 3.00 bits per heavy atom. The third-order valence-electron chi connectivity index (χ3n) is 1.70. The SMILES string of the molecule is Cc1cc(Cl)c2c(N)noc2c1. The number of aryl methyl sites for hydroxylation is 1. The summed E-state index contributed by atoms with van der Waals surface area (Å²) in [6, 6.07) is 3.68. The summed E-state index contributed by atoms with van der Waals surface area (Å²) in [4.78, 5) is 0. The zero-order chi connectivity index (χ0) is 8.72. The van der Waals surface area contributed by atoms with Crippen molar-refractivity contribution in [1.82, 2.24) is 5.16 Å². The molecule has 12 heavy (non-hydrogen) atoms. The fourth-order valence-corrected chi connectivity index (χ4v) is 1.54. The number of nitrogens with zero attached hydrogens (tertiary/aromatic N) is 1. The first-order valence-corrected chi connectivity index (χ1v) is 3.87. The van der Waals surface area contributed by atoms with Gasteiger partial charge in [-0.2, -0.15) is 0 Å². The summed E-state index contributed by atoms with van der Waals surface area (Å²) in [6.07, 6.45) is 0. The molecule has 0 spiro atoms. The minimum atomic E-state index is 0.343. The highest BCUT2D eigenvalue weighted by molar-refractivity contribution is 6.36. The lowest BCUT2D eigenvalue weighted by molar-refractivity contribution is 0.460. The van der Waals surface area contributed by atoms with Crippen molar-refractivity contribution in [3.8, 4) is 0 Å². The van der Waals surface area contributed by atoms with Gasteiger partial charge in [-0.15, -0.1) is 0 Å². The molecule has 0 unspecified atom stereocenters. The summed E-state index contributed by atoms with van der Waals surface area (Å²) >= 11 is 5.93. The maximum absolute atomic E-state index is 5.93. The second-order valence-corrected chi connectivity index (χ2v) is 3.09. The van der Waals surface area contributed by atoms with Gasteiger partial charge < -0.3 is 10.3 Å². The monoisotopic (exact) mass is 182 g/mol. The molecule has 0 saturated heterocycles. The molecule has 2 rings (SSSR count). The van der Waals surface area contributed by atoms with Crippen molar-refractivity contribution in [2.75, 3.05) is 5.73 Å². The average Bonchev–Trinajstić information content (AvgIpc) is 2.31. The first kappa shape index (κ1) is 7.43. The molecule has 1 heterocycles. The van der Waals surface area contributed by atoms with Crippen LogP contribution in [-0.2, 0) is 0 Å². The van der Waals surface area contributed by atoms with Crippen molar-refractivity contribution in [3.63, 3.8) is 0 Å². The van der Waals surface area contributed by atoms with Gasteiger partial charge in [-0.1, -0.05) is 16.8 Å². The lowest BCUT2D eigenvalue weighted by Crippen LogP contribution is -1.84. The molecule has 2 N–H and O–H groups in total. The molecular formula is C8H7ClN2O. The van der Waals surface area contributed by atoms with Crippen LogP contribution in [0.25, 0.3) is 11.0 Å². The molecular weight excluding hydrogens is 176 g/mol. The van der Waals surface area contributed by atoms with E-state index in [1.165, 1.54) is 0 Å². The molecule has 0 aliphatic heterocycles. The number of halogens is 1. The van der Waals surface area contributed by atoms with Crippen LogP contribution in [0.1, 0.15) is 5.56 Å². The smallest absolute Gasteiger partial charge is 0.176 e. The van der Waals surface area contributed by atoms with Gasteiger partial charge in [0.1, 0.15) is 0 Å². The Bertz CT molecular complexity index is 436. The molecule has 1 aromatic heterocycles. The standard InChI is InChI=1S/C8H7ClN2O/c1-4-2-5(9)7-6(3-4)12-11-8(7)10/h2-3H,1H3,(H2,10,11). The number of benzene rings is 1. The van der Waals surface area contributed by atoms with Gasteiger partial charge in [-0.3, -0.25) is 0 Å². The van der Waals surface area contributed by atoms with Gasteiger partial charge in [-0.05, 0) is 24.6 Å². The summed E-state index contributed by atoms with van der Waals surface area (Å²) in [5.74, 6) is 0.343. The van der Waals surface area contributed by atoms with E-state index in [-0.39, 0.29) is 0 Å². The van der Waals surface area contributed by atoms with Gasteiger partial charge in [0.25, 0.3) is 0 Å². The largest absolute Gasteiger partial charge is 0.380 e. The lowest BCUT2D eigenvalue weighted by Gasteiger charge is -1.94. The van der Waals surface area contributed by atoms with Gasteiger partial charge in [0, 0.05) is 0 Å². The Balaban J connectivity index is 2.93. The topological polar surface area (TPSA) is 52.0 Å². The van der Waals surface area contributed by atoms with Gasteiger partial charge in [0.05, 0.1) is 10.4 Å². The number of anilines is 1. The van der Waals surface area contributed by atoms with Crippen LogP contribution in [0.3, 0.4) is 0 Å². The van der Waals surface area contributed by atoms with Crippen molar-refractivity contribution >= 4 is 28.4 Å². The van der Waals surface area contributed by atoms with E-state index < -0.39 is 0 Å². The van der Waals surface area contributed by atoms with Crippen LogP contribution in [-0.4, -0.2) is 5.16 Å². The molecule has 4 heteroatoms. The van der Waals surface area contributed by atoms with Crippen LogP contribution < -0.4 is 5.73 Å². The molecule has 0 atom stereocenters. The molecule has 62 valence electrons. The molecule has 0 radical (unpaired) electrons. The Hall–Kier alpha value is -1.22. The quantitative estimate of drug-likeness (QED) is 0.681. The number of hydrogen-bond acceptors (Lipinski definition) is 3. The van der Waals surface area contributed by atoms with Crippen LogP contribution in [0.2, 0.25) is 5.02 Å². The number of nitrogen functional groups attached to an aromatic ring is 1. The van der Waals surface area contributed by atoms with Crippen molar-refractivity contribution in [3.05, 3.63) is 22.7 Å². The third kappa shape index (κ3) is 0.940. The fourth-order valence-electron chi connectivity index (χ4n) is 1.17. The Morgan fingerprint density at radius 1 is 1.50 bits per heavy atom. The zero-order valence-electron chi connectivity index (χ0n) is 6.47. The van der Waals surface area contributed by atoms with E-state index in [0.29, 0.717) is 21.8 Å². The normalized spacial score (nSPS) is 10.8. The number of rotatable bonds is 0. The average molecular weight is 183 g/mol. The summed E-state index contributed by atoms with van der Waals surface area (Å²) in [7, 11) is 0. The van der Waals surface area contributed by atoms with E-state index in [2.05, 4.69) is 5.16 Å². The minimum Gasteiger partial charge on any atom is -0.380 e. The van der Waals surface area contributed by atoms with Gasteiger partial charge in [0.15, 0.2) is 11.4 Å². The van der Waals surface area contributed by atoms with Crippen LogP contribution in [0.15, 0.2) is 16.7 Å². The van der Waals surface area contributed by atoms with Gasteiger partial charge >= 0.3 is 0 Å². The molecule has 0 aliphatic carbocycles. The minimum absolute atomic E-state index is 0.343. The first-order chi connectivity index (χ1) is 5.68. The van der Waals surface area contributed by atoms with E-state index in [1.807, 2.05) is 19.1 Å². The molecule has 0 aliphatic rings. The highest BCUT2D eigenvalue weighted by Crippen LogP contribution is 2.29. The highest BCUT2D eigenvalue weighted by Gasteiger charge is 2.08. The first-order valence-electron chi connectivity index (χ1n) is 3.49. The summed E-state index contributed by atoms with van der Waals surface area (Å²) in [5.41, 5.74) is 7.21. The summed E-state index contributed by atoms with van der Waals surface area (Å²) in [5, 5.41) is 4.90. The van der Waals surface area contributed by atoms with Crippen molar-refractivity contribution in [2.24, 2.45) is 0 Å². The second kappa shape index (κ2) is 2.38. The maximum atomic E-state index is 5.93. The molecule has 3 nitrogen and oxygen atoms in total. The predicted octanol–water partition coefficient (Wildman–Crippen LogP) is 2.37. The number of aromatic nitrogens is 1. The van der Waals surface area contributed by atoms with Crippen molar-refractivity contribution in [1.29, 1.82) is 0 Å². The Morgan fingerprint density at radius 2 is 2.25 bits per heavy atom. The van der Waals surface area contributed by atoms with E-state index in [4.69, 9.17) is 21.9 Å². The molecule has 0 saturated carbocycles. The molecule has 0 amide bonds. The predicted molar refractivity (Wildman–Crippen MR) is 48.2 cm³/mol. The highest BCUT2D eigenvalue weighted by atomic mass is 35.5. The summed E-state index contributed by atoms with van der Waals surface area (Å²) in [6.45, 7) is 1.93. The third-order valence-corrected chi connectivity index (χ3v) is 1.99. The number of hydrogen-bond donors (Lipinski definition) is 1. The van der Waals surface area contributed by atoms with Crippen LogP contribution in [0, 0.1) is 6.92 Å². The zero-order valence-corrected chi connectivity index (χ0v) is 7.22. The van der Waals surface area contributed by atoms with E-state index in [0.717, 1.165) is 5.56 Å². The number of fused-ring (bicyclic) bond motifs is 1. The Kier molecular flexibility index (Phi) is 1.48. The molecule has 2 aromatic rings. The van der Waals surface area contributed by atoms with Gasteiger partial charge in [0.2, 0.25) is 0 Å². The van der Waals surface area contributed by atoms with Gasteiger partial charge in [-0.25, -0.2) is 0 Å². The van der Waals surface area contributed by atoms with Crippen LogP contribution in [0.5, 0.6) is 0 Å². The van der Waals surface area contributed by atoms with E-state index in [1.54, 1.807) is 0 Å². The van der Waals surface area contributed by atoms with E-state index in [9.17, 15) is 0 Å². The van der Waals surface area contributed by atoms with E-state index >= 15 is 0 Å². The van der Waals surface area contributed by atoms with Crippen LogP contribution >= 0.6 is 11.6 Å². The van der Waals surface area contributed by atoms with Crippen molar-refractivity contribution < 1.29 is 4.52 Å². The number of nitrogens with two attached hydrogens (primary N) is 1. The van der Waals surface area contributed by atoms with Crippen molar-refractivity contribution in [2.45, 2.75) is 6.92 Å². The molecule has 1 aromatic carbocycles. The Labute approximate surface area is 74.1 Å². The summed E-state index contributed by atoms with van der Waals surface area (Å²) < 4.78 is 4.95. The lowest BCUT2D eigenvalue weighted by atomic mass is 10.2.